The molecule has 3 aromatic carbocycles. The van der Waals surface area contributed by atoms with Gasteiger partial charge in [-0.05, 0) is 42.3 Å². The van der Waals surface area contributed by atoms with Crippen LogP contribution in [-0.2, 0) is 20.8 Å². The molecule has 0 aliphatic carbocycles. The lowest BCUT2D eigenvalue weighted by Gasteiger charge is -2.30. The summed E-state index contributed by atoms with van der Waals surface area (Å²) < 4.78 is 16.7. The number of methoxy groups -OCH3 is 3. The van der Waals surface area contributed by atoms with E-state index in [1.807, 2.05) is 42.5 Å². The van der Waals surface area contributed by atoms with Crippen molar-refractivity contribution in [2.24, 2.45) is 5.92 Å². The third-order valence-corrected chi connectivity index (χ3v) is 6.78. The van der Waals surface area contributed by atoms with Crippen molar-refractivity contribution in [2.75, 3.05) is 31.3 Å². The van der Waals surface area contributed by atoms with E-state index in [1.54, 1.807) is 50.7 Å². The number of imide groups is 1. The first kappa shape index (κ1) is 23.7. The van der Waals surface area contributed by atoms with Gasteiger partial charge in [-0.3, -0.25) is 14.4 Å². The van der Waals surface area contributed by atoms with Crippen LogP contribution in [0, 0.1) is 5.92 Å². The predicted octanol–water partition coefficient (Wildman–Crippen LogP) is 4.33. The molecule has 0 saturated carbocycles. The maximum Gasteiger partial charge on any atom is 0.266 e. The van der Waals surface area contributed by atoms with Crippen LogP contribution < -0.4 is 24.2 Å². The van der Waals surface area contributed by atoms with Crippen LogP contribution in [0.3, 0.4) is 0 Å². The monoisotopic (exact) mass is 488 g/mol. The van der Waals surface area contributed by atoms with E-state index >= 15 is 0 Å². The first-order chi connectivity index (χ1) is 17.5. The molecule has 2 heterocycles. The minimum atomic E-state index is -0.980. The number of benzene rings is 3. The number of hydroxylamine groups is 1. The Balaban J connectivity index is 1.63. The van der Waals surface area contributed by atoms with Gasteiger partial charge >= 0.3 is 0 Å². The lowest BCUT2D eigenvalue weighted by atomic mass is 9.89. The van der Waals surface area contributed by atoms with E-state index in [4.69, 9.17) is 19.0 Å². The highest BCUT2D eigenvalue weighted by molar-refractivity contribution is 6.24. The fourth-order valence-electron chi connectivity index (χ4n) is 4.95. The normalized spacial score (nSPS) is 21.1. The van der Waals surface area contributed by atoms with Gasteiger partial charge < -0.3 is 14.2 Å². The molecule has 3 aromatic rings. The molecule has 2 aliphatic rings. The van der Waals surface area contributed by atoms with Crippen LogP contribution in [0.25, 0.3) is 0 Å². The zero-order chi connectivity index (χ0) is 25.4. The minimum absolute atomic E-state index is 0.325. The van der Waals surface area contributed by atoms with Crippen LogP contribution in [0.15, 0.2) is 66.7 Å². The summed E-state index contributed by atoms with van der Waals surface area (Å²) in [7, 11) is 4.64. The van der Waals surface area contributed by atoms with E-state index in [0.717, 1.165) is 12.0 Å². The SMILES string of the molecule is CCc1ccc(N2C(=O)[C@H]3[C@@H](c4cc(OC)c(OC)cc4OC)N(c4ccccc4)O[C@H]3C2=O)cc1. The van der Waals surface area contributed by atoms with Crippen LogP contribution in [0.5, 0.6) is 17.2 Å². The smallest absolute Gasteiger partial charge is 0.266 e. The third kappa shape index (κ3) is 3.74. The van der Waals surface area contributed by atoms with E-state index < -0.39 is 24.0 Å². The van der Waals surface area contributed by atoms with Crippen molar-refractivity contribution in [2.45, 2.75) is 25.5 Å². The molecule has 2 saturated heterocycles. The summed E-state index contributed by atoms with van der Waals surface area (Å²) >= 11 is 0. The molecule has 0 spiro atoms. The Hall–Kier alpha value is -4.04. The third-order valence-electron chi connectivity index (χ3n) is 6.78. The van der Waals surface area contributed by atoms with Crippen LogP contribution in [0.4, 0.5) is 11.4 Å². The lowest BCUT2D eigenvalue weighted by molar-refractivity contribution is -0.126. The highest BCUT2D eigenvalue weighted by atomic mass is 16.7. The predicted molar refractivity (Wildman–Crippen MR) is 134 cm³/mol. The number of hydrogen-bond acceptors (Lipinski definition) is 7. The van der Waals surface area contributed by atoms with Crippen molar-refractivity contribution < 1.29 is 28.6 Å². The number of fused-ring (bicyclic) bond motifs is 1. The van der Waals surface area contributed by atoms with Gasteiger partial charge in [0.05, 0.1) is 32.7 Å². The minimum Gasteiger partial charge on any atom is -0.496 e. The molecule has 8 nitrogen and oxygen atoms in total. The average Bonchev–Trinajstić information content (AvgIpc) is 3.43. The second kappa shape index (κ2) is 9.54. The van der Waals surface area contributed by atoms with E-state index in [0.29, 0.717) is 34.2 Å². The molecule has 0 unspecified atom stereocenters. The largest absolute Gasteiger partial charge is 0.496 e. The van der Waals surface area contributed by atoms with Crippen LogP contribution in [0.2, 0.25) is 0 Å². The van der Waals surface area contributed by atoms with E-state index in [9.17, 15) is 9.59 Å². The van der Waals surface area contributed by atoms with Crippen molar-refractivity contribution in [3.63, 3.8) is 0 Å². The highest BCUT2D eigenvalue weighted by Crippen LogP contribution is 2.51. The quantitative estimate of drug-likeness (QED) is 0.458. The molecule has 36 heavy (non-hydrogen) atoms. The summed E-state index contributed by atoms with van der Waals surface area (Å²) in [5, 5.41) is 1.63. The van der Waals surface area contributed by atoms with Crippen molar-refractivity contribution in [3.05, 3.63) is 77.9 Å². The van der Waals surface area contributed by atoms with Gasteiger partial charge in [0.15, 0.2) is 17.6 Å². The summed E-state index contributed by atoms with van der Waals surface area (Å²) in [6.07, 6.45) is -0.115. The molecular weight excluding hydrogens is 460 g/mol. The summed E-state index contributed by atoms with van der Waals surface area (Å²) in [5.74, 6) is -0.0455. The molecule has 2 amide bonds. The van der Waals surface area contributed by atoms with Gasteiger partial charge in [0.2, 0.25) is 5.91 Å². The maximum absolute atomic E-state index is 13.9. The standard InChI is InChI=1S/C28H28N2O6/c1-5-17-11-13-18(14-12-17)29-27(31)24-25(20-15-22(34-3)23(35-4)16-21(20)33-2)30(36-26(24)28(29)32)19-9-7-6-8-10-19/h6-16,24-26H,5H2,1-4H3/t24-,25+,26+/m0/s1. The summed E-state index contributed by atoms with van der Waals surface area (Å²) in [6.45, 7) is 2.05. The Labute approximate surface area is 209 Å². The van der Waals surface area contributed by atoms with Gasteiger partial charge in [-0.25, -0.2) is 9.96 Å². The van der Waals surface area contributed by atoms with Gasteiger partial charge in [-0.2, -0.15) is 0 Å². The number of hydrogen-bond donors (Lipinski definition) is 0. The average molecular weight is 489 g/mol. The van der Waals surface area contributed by atoms with Gasteiger partial charge in [-0.15, -0.1) is 0 Å². The van der Waals surface area contributed by atoms with Crippen molar-refractivity contribution in [1.82, 2.24) is 0 Å². The number of carbonyl (C=O) groups excluding carboxylic acids is 2. The second-order valence-electron chi connectivity index (χ2n) is 8.64. The topological polar surface area (TPSA) is 77.5 Å². The van der Waals surface area contributed by atoms with E-state index in [2.05, 4.69) is 6.92 Å². The first-order valence-electron chi connectivity index (χ1n) is 11.8. The molecule has 2 fully saturated rings. The van der Waals surface area contributed by atoms with Gasteiger partial charge in [0.25, 0.3) is 5.91 Å². The second-order valence-corrected chi connectivity index (χ2v) is 8.64. The molecular formula is C28H28N2O6. The van der Waals surface area contributed by atoms with Crippen molar-refractivity contribution in [1.29, 1.82) is 0 Å². The molecule has 3 atom stereocenters. The molecule has 0 bridgehead atoms. The van der Waals surface area contributed by atoms with Crippen LogP contribution >= 0.6 is 0 Å². The molecule has 186 valence electrons. The number of amides is 2. The summed E-state index contributed by atoms with van der Waals surface area (Å²) in [6, 6.07) is 19.7. The number of para-hydroxylation sites is 1. The van der Waals surface area contributed by atoms with E-state index in [-0.39, 0.29) is 5.91 Å². The maximum atomic E-state index is 13.9. The number of rotatable bonds is 7. The van der Waals surface area contributed by atoms with Crippen LogP contribution in [-0.4, -0.2) is 39.2 Å². The molecule has 0 radical (unpaired) electrons. The fraction of sp³-hybridized carbons (Fsp3) is 0.286. The Bertz CT molecular complexity index is 1280. The number of ether oxygens (including phenoxy) is 3. The molecule has 2 aliphatic heterocycles. The van der Waals surface area contributed by atoms with Gasteiger partial charge in [0.1, 0.15) is 17.7 Å². The van der Waals surface area contributed by atoms with Crippen molar-refractivity contribution >= 4 is 23.2 Å². The summed E-state index contributed by atoms with van der Waals surface area (Å²) in [4.78, 5) is 34.9. The first-order valence-corrected chi connectivity index (χ1v) is 11.8. The van der Waals surface area contributed by atoms with Crippen LogP contribution in [0.1, 0.15) is 24.1 Å². The number of carbonyl (C=O) groups is 2. The molecule has 0 aromatic heterocycles. The Morgan fingerprint density at radius 2 is 1.42 bits per heavy atom. The fourth-order valence-corrected chi connectivity index (χ4v) is 4.95. The number of nitrogens with zero attached hydrogens (tertiary/aromatic N) is 2. The van der Waals surface area contributed by atoms with Gasteiger partial charge in [-0.1, -0.05) is 37.3 Å². The number of aryl methyl sites for hydroxylation is 1. The summed E-state index contributed by atoms with van der Waals surface area (Å²) in [5.41, 5.74) is 3.02. The zero-order valence-electron chi connectivity index (χ0n) is 20.6. The molecule has 5 rings (SSSR count). The van der Waals surface area contributed by atoms with Crippen molar-refractivity contribution in [3.8, 4) is 17.2 Å². The van der Waals surface area contributed by atoms with E-state index in [1.165, 1.54) is 4.90 Å². The molecule has 0 N–H and O–H groups in total. The Morgan fingerprint density at radius 1 is 0.778 bits per heavy atom. The Morgan fingerprint density at radius 3 is 2.03 bits per heavy atom. The Kier molecular flexibility index (Phi) is 6.28. The highest BCUT2D eigenvalue weighted by Gasteiger charge is 2.60. The van der Waals surface area contributed by atoms with Gasteiger partial charge in [0, 0.05) is 11.6 Å². The molecule has 8 heteroatoms. The zero-order valence-corrected chi connectivity index (χ0v) is 20.6. The number of anilines is 2. The lowest BCUT2D eigenvalue weighted by Crippen LogP contribution is -2.37.